The van der Waals surface area contributed by atoms with Crippen LogP contribution >= 0.6 is 27.5 Å². The Morgan fingerprint density at radius 3 is 2.72 bits per heavy atom. The van der Waals surface area contributed by atoms with E-state index in [2.05, 4.69) is 15.9 Å². The van der Waals surface area contributed by atoms with E-state index < -0.39 is 0 Å². The van der Waals surface area contributed by atoms with Gasteiger partial charge in [0.15, 0.2) is 5.76 Å². The van der Waals surface area contributed by atoms with Crippen LogP contribution in [-0.2, 0) is 6.61 Å². The normalized spacial score (nSPS) is 13.9. The second-order valence-electron chi connectivity index (χ2n) is 6.36. The first-order valence-corrected chi connectivity index (χ1v) is 10.0. The minimum atomic E-state index is -0.181. The molecule has 1 aliphatic heterocycles. The lowest BCUT2D eigenvalue weighted by Gasteiger charge is -2.08. The van der Waals surface area contributed by atoms with Gasteiger partial charge in [0.05, 0.1) is 12.7 Å². The Balaban J connectivity index is 1.56. The van der Waals surface area contributed by atoms with Crippen molar-refractivity contribution in [2.24, 2.45) is 0 Å². The van der Waals surface area contributed by atoms with Gasteiger partial charge in [0.25, 0.3) is 0 Å². The summed E-state index contributed by atoms with van der Waals surface area (Å²) in [6, 6.07) is 18.2. The first kappa shape index (κ1) is 19.6. The van der Waals surface area contributed by atoms with E-state index in [1.54, 1.807) is 31.4 Å². The molecule has 0 N–H and O–H groups in total. The van der Waals surface area contributed by atoms with Crippen molar-refractivity contribution >= 4 is 39.4 Å². The molecule has 3 aromatic carbocycles. The number of Topliss-reactive ketones (excluding diaryl/α,β-unsaturated/α-hetero) is 1. The second kappa shape index (κ2) is 8.31. The van der Waals surface area contributed by atoms with Crippen LogP contribution in [0.1, 0.15) is 21.5 Å². The number of benzene rings is 3. The van der Waals surface area contributed by atoms with E-state index in [1.165, 1.54) is 0 Å². The number of carbonyl (C=O) groups is 1. The van der Waals surface area contributed by atoms with Crippen LogP contribution in [0.3, 0.4) is 0 Å². The van der Waals surface area contributed by atoms with Gasteiger partial charge in [-0.3, -0.25) is 4.79 Å². The topological polar surface area (TPSA) is 44.8 Å². The third-order valence-electron chi connectivity index (χ3n) is 4.47. The van der Waals surface area contributed by atoms with Gasteiger partial charge >= 0.3 is 0 Å². The molecule has 6 heteroatoms. The molecule has 1 heterocycles. The maximum Gasteiger partial charge on any atom is 0.231 e. The lowest BCUT2D eigenvalue weighted by molar-refractivity contribution is 0.101. The SMILES string of the molecule is COc1ccc(Br)cc1/C=C1\Oc2cc(OCc3ccccc3Cl)ccc2C1=O. The molecule has 0 bridgehead atoms. The van der Waals surface area contributed by atoms with Gasteiger partial charge < -0.3 is 14.2 Å². The van der Waals surface area contributed by atoms with Crippen LogP contribution in [0.2, 0.25) is 5.02 Å². The third-order valence-corrected chi connectivity index (χ3v) is 5.33. The Bertz CT molecular complexity index is 1120. The van der Waals surface area contributed by atoms with Crippen molar-refractivity contribution in [2.75, 3.05) is 7.11 Å². The molecule has 1 aliphatic rings. The second-order valence-corrected chi connectivity index (χ2v) is 7.69. The summed E-state index contributed by atoms with van der Waals surface area (Å²) in [5, 5.41) is 0.647. The van der Waals surface area contributed by atoms with Crippen LogP contribution in [0, 0.1) is 0 Å². The quantitative estimate of drug-likeness (QED) is 0.409. The fraction of sp³-hybridized carbons (Fsp3) is 0.0870. The fourth-order valence-corrected chi connectivity index (χ4v) is 3.56. The zero-order valence-electron chi connectivity index (χ0n) is 15.4. The highest BCUT2D eigenvalue weighted by Gasteiger charge is 2.28. The predicted molar refractivity (Wildman–Crippen MR) is 116 cm³/mol. The van der Waals surface area contributed by atoms with Crippen LogP contribution in [0.4, 0.5) is 0 Å². The molecule has 3 aromatic rings. The summed E-state index contributed by atoms with van der Waals surface area (Å²) >= 11 is 9.60. The molecule has 0 atom stereocenters. The zero-order valence-corrected chi connectivity index (χ0v) is 17.8. The van der Waals surface area contributed by atoms with E-state index in [9.17, 15) is 4.79 Å². The molecular weight excluding hydrogens is 456 g/mol. The van der Waals surface area contributed by atoms with E-state index in [0.29, 0.717) is 34.4 Å². The molecule has 4 rings (SSSR count). The van der Waals surface area contributed by atoms with Crippen LogP contribution < -0.4 is 14.2 Å². The van der Waals surface area contributed by atoms with Crippen molar-refractivity contribution in [3.63, 3.8) is 0 Å². The number of halogens is 2. The number of hydrogen-bond acceptors (Lipinski definition) is 4. The van der Waals surface area contributed by atoms with Gasteiger partial charge in [0.1, 0.15) is 23.9 Å². The van der Waals surface area contributed by atoms with Crippen molar-refractivity contribution in [1.29, 1.82) is 0 Å². The molecule has 0 aliphatic carbocycles. The number of fused-ring (bicyclic) bond motifs is 1. The number of ketones is 1. The van der Waals surface area contributed by atoms with Crippen molar-refractivity contribution in [2.45, 2.75) is 6.61 Å². The standard InChI is InChI=1S/C23H16BrClO4/c1-27-20-9-6-16(24)10-15(20)11-22-23(26)18-8-7-17(12-21(18)29-22)28-13-14-4-2-3-5-19(14)25/h2-12H,13H2,1H3/b22-11-. The lowest BCUT2D eigenvalue weighted by Crippen LogP contribution is -1.99. The smallest absolute Gasteiger partial charge is 0.231 e. The maximum absolute atomic E-state index is 12.7. The van der Waals surface area contributed by atoms with Gasteiger partial charge in [-0.1, -0.05) is 45.7 Å². The van der Waals surface area contributed by atoms with E-state index in [4.69, 9.17) is 25.8 Å². The average Bonchev–Trinajstić information content (AvgIpc) is 3.02. The summed E-state index contributed by atoms with van der Waals surface area (Å²) in [6.07, 6.45) is 1.68. The van der Waals surface area contributed by atoms with Crippen molar-refractivity contribution in [3.05, 3.63) is 92.6 Å². The van der Waals surface area contributed by atoms with Gasteiger partial charge in [0, 0.05) is 26.7 Å². The first-order valence-electron chi connectivity index (χ1n) is 8.83. The summed E-state index contributed by atoms with van der Waals surface area (Å²) < 4.78 is 17.9. The molecule has 0 saturated heterocycles. The molecule has 0 unspecified atom stereocenters. The van der Waals surface area contributed by atoms with Crippen molar-refractivity contribution in [3.8, 4) is 17.2 Å². The van der Waals surface area contributed by atoms with Gasteiger partial charge in [-0.05, 0) is 42.5 Å². The van der Waals surface area contributed by atoms with E-state index in [0.717, 1.165) is 15.6 Å². The zero-order chi connectivity index (χ0) is 20.4. The highest BCUT2D eigenvalue weighted by molar-refractivity contribution is 9.10. The van der Waals surface area contributed by atoms with Gasteiger partial charge in [0.2, 0.25) is 5.78 Å². The Hall–Kier alpha value is -2.76. The number of hydrogen-bond donors (Lipinski definition) is 0. The average molecular weight is 472 g/mol. The van der Waals surface area contributed by atoms with Gasteiger partial charge in [-0.2, -0.15) is 0 Å². The highest BCUT2D eigenvalue weighted by atomic mass is 79.9. The fourth-order valence-electron chi connectivity index (χ4n) is 2.99. The predicted octanol–water partition coefficient (Wildman–Crippen LogP) is 6.31. The van der Waals surface area contributed by atoms with Crippen LogP contribution in [0.25, 0.3) is 6.08 Å². The molecule has 146 valence electrons. The number of carbonyl (C=O) groups excluding carboxylic acids is 1. The van der Waals surface area contributed by atoms with E-state index in [-0.39, 0.29) is 11.5 Å². The number of rotatable bonds is 5. The minimum Gasteiger partial charge on any atom is -0.496 e. The van der Waals surface area contributed by atoms with Crippen LogP contribution in [0.5, 0.6) is 17.2 Å². The molecule has 0 spiro atoms. The van der Waals surface area contributed by atoms with Crippen LogP contribution in [-0.4, -0.2) is 12.9 Å². The highest BCUT2D eigenvalue weighted by Crippen LogP contribution is 2.36. The maximum atomic E-state index is 12.7. The van der Waals surface area contributed by atoms with Crippen molar-refractivity contribution < 1.29 is 19.0 Å². The van der Waals surface area contributed by atoms with Crippen molar-refractivity contribution in [1.82, 2.24) is 0 Å². The molecule has 0 fully saturated rings. The summed E-state index contributed by atoms with van der Waals surface area (Å²) in [5.74, 6) is 1.76. The van der Waals surface area contributed by atoms with Gasteiger partial charge in [-0.15, -0.1) is 0 Å². The molecule has 0 radical (unpaired) electrons. The monoisotopic (exact) mass is 470 g/mol. The van der Waals surface area contributed by atoms with Gasteiger partial charge in [-0.25, -0.2) is 0 Å². The molecular formula is C23H16BrClO4. The number of methoxy groups -OCH3 is 1. The molecule has 0 aromatic heterocycles. The minimum absolute atomic E-state index is 0.181. The largest absolute Gasteiger partial charge is 0.496 e. The molecule has 29 heavy (non-hydrogen) atoms. The molecule has 0 saturated carbocycles. The Kier molecular flexibility index (Phi) is 5.60. The van der Waals surface area contributed by atoms with Crippen LogP contribution in [0.15, 0.2) is 70.9 Å². The summed E-state index contributed by atoms with van der Waals surface area (Å²) in [7, 11) is 1.58. The Morgan fingerprint density at radius 2 is 1.93 bits per heavy atom. The summed E-state index contributed by atoms with van der Waals surface area (Å²) in [5.41, 5.74) is 2.12. The Labute approximate surface area is 181 Å². The summed E-state index contributed by atoms with van der Waals surface area (Å²) in [4.78, 5) is 12.7. The van der Waals surface area contributed by atoms with E-state index >= 15 is 0 Å². The molecule has 0 amide bonds. The first-order chi connectivity index (χ1) is 14.0. The number of ether oxygens (including phenoxy) is 3. The summed E-state index contributed by atoms with van der Waals surface area (Å²) in [6.45, 7) is 0.324. The van der Waals surface area contributed by atoms with E-state index in [1.807, 2.05) is 42.5 Å². The lowest BCUT2D eigenvalue weighted by atomic mass is 10.1. The number of allylic oxidation sites excluding steroid dienone is 1. The Morgan fingerprint density at radius 1 is 1.10 bits per heavy atom. The third kappa shape index (κ3) is 4.16. The molecule has 4 nitrogen and oxygen atoms in total.